The van der Waals surface area contributed by atoms with Crippen molar-refractivity contribution in [1.82, 2.24) is 20.4 Å². The highest BCUT2D eigenvalue weighted by Crippen LogP contribution is 2.59. The summed E-state index contributed by atoms with van der Waals surface area (Å²) in [6.07, 6.45) is 10.4. The summed E-state index contributed by atoms with van der Waals surface area (Å²) in [4.78, 5) is 24.9. The number of hydrogen-bond acceptors (Lipinski definition) is 4. The molecule has 2 atom stereocenters. The molecule has 7 nitrogen and oxygen atoms in total. The van der Waals surface area contributed by atoms with Gasteiger partial charge in [-0.15, -0.1) is 0 Å². The van der Waals surface area contributed by atoms with E-state index in [-0.39, 0.29) is 29.9 Å². The van der Waals surface area contributed by atoms with E-state index in [1.807, 2.05) is 30.3 Å². The average Bonchev–Trinajstić information content (AvgIpc) is 3.24. The van der Waals surface area contributed by atoms with Gasteiger partial charge in [0.05, 0.1) is 17.5 Å². The van der Waals surface area contributed by atoms with Crippen LogP contribution in [0.4, 0.5) is 0 Å². The molecule has 4 fully saturated rings. The molecule has 0 radical (unpaired) electrons. The molecule has 3 N–H and O–H groups in total. The number of nitrogens with one attached hydrogen (secondary N) is 2. The van der Waals surface area contributed by atoms with Crippen LogP contribution in [0.15, 0.2) is 54.9 Å². The number of aliphatic hydroxyl groups is 1. The van der Waals surface area contributed by atoms with Gasteiger partial charge in [-0.3, -0.25) is 9.59 Å². The Morgan fingerprint density at radius 2 is 1.91 bits per heavy atom. The van der Waals surface area contributed by atoms with Crippen molar-refractivity contribution in [3.05, 3.63) is 60.4 Å². The summed E-state index contributed by atoms with van der Waals surface area (Å²) in [5.74, 6) is 1.23. The molecule has 34 heavy (non-hydrogen) atoms. The van der Waals surface area contributed by atoms with Crippen molar-refractivity contribution >= 4 is 18.0 Å². The summed E-state index contributed by atoms with van der Waals surface area (Å²) in [5.41, 5.74) is 2.61. The number of amides is 2. The van der Waals surface area contributed by atoms with E-state index in [4.69, 9.17) is 0 Å². The maximum atomic E-state index is 13.6. The predicted molar refractivity (Wildman–Crippen MR) is 130 cm³/mol. The van der Waals surface area contributed by atoms with Crippen molar-refractivity contribution in [2.75, 3.05) is 6.61 Å². The summed E-state index contributed by atoms with van der Waals surface area (Å²) in [6, 6.07) is 9.85. The fourth-order valence-corrected chi connectivity index (χ4v) is 6.80. The number of rotatable bonds is 7. The molecule has 1 aromatic carbocycles. The molecule has 2 unspecified atom stereocenters. The van der Waals surface area contributed by atoms with Crippen molar-refractivity contribution < 1.29 is 14.7 Å². The zero-order valence-corrected chi connectivity index (χ0v) is 19.5. The predicted octanol–water partition coefficient (Wildman–Crippen LogP) is 3.59. The largest absolute Gasteiger partial charge is 0.396 e. The number of nitrogens with zero attached hydrogens (tertiary/aromatic N) is 2. The maximum Gasteiger partial charge on any atom is 0.255 e. The van der Waals surface area contributed by atoms with Crippen LogP contribution < -0.4 is 10.6 Å². The van der Waals surface area contributed by atoms with Crippen molar-refractivity contribution in [2.24, 2.45) is 23.2 Å². The minimum atomic E-state index is -0.197. The molecule has 4 aliphatic rings. The first-order valence-corrected chi connectivity index (χ1v) is 12.1. The van der Waals surface area contributed by atoms with Gasteiger partial charge >= 0.3 is 0 Å². The van der Waals surface area contributed by atoms with Gasteiger partial charge in [0.2, 0.25) is 5.91 Å². The zero-order chi connectivity index (χ0) is 23.9. The Morgan fingerprint density at radius 1 is 1.21 bits per heavy atom. The third kappa shape index (κ3) is 4.20. The number of aromatic nitrogens is 2. The van der Waals surface area contributed by atoms with Crippen LogP contribution >= 0.6 is 0 Å². The van der Waals surface area contributed by atoms with Gasteiger partial charge in [-0.25, -0.2) is 4.68 Å². The SMILES string of the molecule is C=C(/C=C/n1ncc(C(=O)N[C@H]2C3CC4CC2C[C@](CO)(C4)C3)c1-c1ccccc1)NC(C)=O. The van der Waals surface area contributed by atoms with Crippen molar-refractivity contribution in [2.45, 2.75) is 45.1 Å². The number of allylic oxidation sites excluding steroid dienone is 1. The van der Waals surface area contributed by atoms with E-state index < -0.39 is 0 Å². The Hall–Kier alpha value is -3.19. The average molecular weight is 461 g/mol. The lowest BCUT2D eigenvalue weighted by Crippen LogP contribution is -2.60. The Balaban J connectivity index is 1.41. The van der Waals surface area contributed by atoms with E-state index >= 15 is 0 Å². The lowest BCUT2D eigenvalue weighted by atomic mass is 9.48. The van der Waals surface area contributed by atoms with E-state index in [2.05, 4.69) is 22.3 Å². The molecule has 178 valence electrons. The Kier molecular flexibility index (Phi) is 5.90. The van der Waals surface area contributed by atoms with Crippen molar-refractivity contribution in [3.8, 4) is 11.3 Å². The summed E-state index contributed by atoms with van der Waals surface area (Å²) in [7, 11) is 0. The molecule has 4 bridgehead atoms. The molecule has 7 heteroatoms. The van der Waals surface area contributed by atoms with Crippen LogP contribution in [0, 0.1) is 23.2 Å². The molecule has 2 aromatic rings. The second-order valence-corrected chi connectivity index (χ2v) is 10.4. The first-order valence-electron chi connectivity index (χ1n) is 12.1. The van der Waals surface area contributed by atoms with Gasteiger partial charge < -0.3 is 15.7 Å². The maximum absolute atomic E-state index is 13.6. The summed E-state index contributed by atoms with van der Waals surface area (Å²) < 4.78 is 1.65. The van der Waals surface area contributed by atoms with E-state index in [9.17, 15) is 14.7 Å². The van der Waals surface area contributed by atoms with Crippen LogP contribution in [0.1, 0.15) is 49.4 Å². The van der Waals surface area contributed by atoms with Gasteiger partial charge in [0.15, 0.2) is 0 Å². The second kappa shape index (κ2) is 8.87. The van der Waals surface area contributed by atoms with Crippen LogP contribution in [0.5, 0.6) is 0 Å². The lowest BCUT2D eigenvalue weighted by Gasteiger charge is -2.59. The molecular weight excluding hydrogens is 428 g/mol. The van der Waals surface area contributed by atoms with Crippen LogP contribution in [0.2, 0.25) is 0 Å². The highest BCUT2D eigenvalue weighted by Gasteiger charge is 2.55. The molecular formula is C27H32N4O3. The number of carbonyl (C=O) groups is 2. The number of carbonyl (C=O) groups excluding carboxylic acids is 2. The minimum absolute atomic E-state index is 0.0684. The van der Waals surface area contributed by atoms with Gasteiger partial charge in [-0.1, -0.05) is 36.9 Å². The molecule has 1 aromatic heterocycles. The Bertz CT molecular complexity index is 1120. The van der Waals surface area contributed by atoms with Gasteiger partial charge in [-0.2, -0.15) is 5.10 Å². The second-order valence-electron chi connectivity index (χ2n) is 10.4. The number of benzene rings is 1. The summed E-state index contributed by atoms with van der Waals surface area (Å²) in [6.45, 7) is 5.52. The first-order chi connectivity index (χ1) is 16.4. The van der Waals surface area contributed by atoms with Gasteiger partial charge in [0.25, 0.3) is 5.91 Å². The van der Waals surface area contributed by atoms with Crippen LogP contribution in [-0.4, -0.2) is 39.4 Å². The molecule has 0 aliphatic heterocycles. The van der Waals surface area contributed by atoms with Crippen LogP contribution in [-0.2, 0) is 4.79 Å². The van der Waals surface area contributed by atoms with E-state index in [0.29, 0.717) is 34.7 Å². The molecule has 6 rings (SSSR count). The minimum Gasteiger partial charge on any atom is -0.396 e. The fraction of sp³-hybridized carbons (Fsp3) is 0.444. The highest BCUT2D eigenvalue weighted by atomic mass is 16.3. The molecule has 1 heterocycles. The van der Waals surface area contributed by atoms with E-state index in [1.165, 1.54) is 6.92 Å². The third-order valence-electron chi connectivity index (χ3n) is 7.87. The zero-order valence-electron chi connectivity index (χ0n) is 19.5. The molecule has 4 aliphatic carbocycles. The first kappa shape index (κ1) is 22.6. The molecule has 0 spiro atoms. The van der Waals surface area contributed by atoms with Gasteiger partial charge in [-0.05, 0) is 61.3 Å². The van der Waals surface area contributed by atoms with Gasteiger partial charge in [0.1, 0.15) is 0 Å². The third-order valence-corrected chi connectivity index (χ3v) is 7.87. The van der Waals surface area contributed by atoms with E-state index in [1.54, 1.807) is 23.2 Å². The highest BCUT2D eigenvalue weighted by molar-refractivity contribution is 6.00. The standard InChI is InChI=1S/C27H32N4O3/c1-17(29-18(2)33)8-9-31-25(20-6-4-3-5-7-20)23(15-28-31)26(34)30-24-21-10-19-11-22(24)14-27(12-19,13-21)16-32/h3-9,15,19,21-22,24,32H,1,10-14,16H2,2H3,(H,29,33)(H,30,34)/b9-8+/t19?,21?,22?,24-,27-. The normalized spacial score (nSPS) is 29.4. The topological polar surface area (TPSA) is 96.2 Å². The van der Waals surface area contributed by atoms with E-state index in [0.717, 1.165) is 37.7 Å². The van der Waals surface area contributed by atoms with Crippen LogP contribution in [0.3, 0.4) is 0 Å². The lowest BCUT2D eigenvalue weighted by molar-refractivity contribution is -0.118. The van der Waals surface area contributed by atoms with Crippen LogP contribution in [0.25, 0.3) is 17.5 Å². The number of hydrogen-bond donors (Lipinski definition) is 3. The molecule has 0 saturated heterocycles. The Morgan fingerprint density at radius 3 is 2.56 bits per heavy atom. The summed E-state index contributed by atoms with van der Waals surface area (Å²) in [5, 5.41) is 20.5. The van der Waals surface area contributed by atoms with Crippen molar-refractivity contribution in [1.29, 1.82) is 0 Å². The van der Waals surface area contributed by atoms with Crippen molar-refractivity contribution in [3.63, 3.8) is 0 Å². The monoisotopic (exact) mass is 460 g/mol. The van der Waals surface area contributed by atoms with Gasteiger partial charge in [0, 0.05) is 37.0 Å². The quantitative estimate of drug-likeness (QED) is 0.550. The molecule has 4 saturated carbocycles. The summed E-state index contributed by atoms with van der Waals surface area (Å²) >= 11 is 0. The fourth-order valence-electron chi connectivity index (χ4n) is 6.80. The smallest absolute Gasteiger partial charge is 0.255 e. The molecule has 2 amide bonds. The Labute approximate surface area is 199 Å². The number of aliphatic hydroxyl groups excluding tert-OH is 1.